The van der Waals surface area contributed by atoms with Crippen molar-refractivity contribution in [2.45, 2.75) is 40.0 Å². The zero-order chi connectivity index (χ0) is 15.4. The summed E-state index contributed by atoms with van der Waals surface area (Å²) in [4.78, 5) is 21.8. The number of carbonyl (C=O) groups excluding carboxylic acids is 1. The highest BCUT2D eigenvalue weighted by molar-refractivity contribution is 5.73. The first-order valence-corrected chi connectivity index (χ1v) is 7.23. The maximum Gasteiger partial charge on any atom is 0.314 e. The highest BCUT2D eigenvalue weighted by Gasteiger charge is 2.06. The average molecular weight is 288 g/mol. The van der Waals surface area contributed by atoms with Crippen molar-refractivity contribution >= 4 is 12.0 Å². The average Bonchev–Trinajstić information content (AvgIpc) is 2.35. The van der Waals surface area contributed by atoms with Gasteiger partial charge in [-0.15, -0.1) is 0 Å². The molecule has 0 bridgehead atoms. The lowest BCUT2D eigenvalue weighted by Crippen LogP contribution is -2.38. The number of carboxylic acids is 1. The molecular formula is C14H28N2O4. The molecule has 0 saturated carbocycles. The second-order valence-electron chi connectivity index (χ2n) is 5.48. The maximum absolute atomic E-state index is 11.4. The van der Waals surface area contributed by atoms with Gasteiger partial charge in [0.15, 0.2) is 0 Å². The number of carboxylic acid groups (broad SMARTS) is 1. The number of nitrogens with one attached hydrogen (secondary N) is 2. The van der Waals surface area contributed by atoms with Gasteiger partial charge in [-0.3, -0.25) is 4.79 Å². The summed E-state index contributed by atoms with van der Waals surface area (Å²) >= 11 is 0. The maximum atomic E-state index is 11.4. The fraction of sp³-hybridized carbons (Fsp3) is 0.857. The van der Waals surface area contributed by atoms with E-state index in [4.69, 9.17) is 9.84 Å². The van der Waals surface area contributed by atoms with E-state index in [9.17, 15) is 9.59 Å². The van der Waals surface area contributed by atoms with Crippen LogP contribution in [-0.4, -0.2) is 43.4 Å². The van der Waals surface area contributed by atoms with Crippen LogP contribution in [0.4, 0.5) is 4.79 Å². The van der Waals surface area contributed by atoms with E-state index in [-0.39, 0.29) is 12.5 Å². The smallest absolute Gasteiger partial charge is 0.314 e. The molecule has 0 aliphatic rings. The second kappa shape index (κ2) is 11.5. The van der Waals surface area contributed by atoms with Gasteiger partial charge in [-0.1, -0.05) is 20.8 Å². The largest absolute Gasteiger partial charge is 0.481 e. The van der Waals surface area contributed by atoms with Crippen LogP contribution in [0.5, 0.6) is 0 Å². The van der Waals surface area contributed by atoms with Crippen LogP contribution in [0.2, 0.25) is 0 Å². The molecule has 0 aromatic carbocycles. The molecule has 0 aliphatic heterocycles. The third-order valence-corrected chi connectivity index (χ3v) is 2.76. The zero-order valence-corrected chi connectivity index (χ0v) is 12.8. The Labute approximate surface area is 121 Å². The van der Waals surface area contributed by atoms with Gasteiger partial charge in [-0.2, -0.15) is 0 Å². The lowest BCUT2D eigenvalue weighted by molar-refractivity contribution is -0.137. The minimum Gasteiger partial charge on any atom is -0.481 e. The van der Waals surface area contributed by atoms with Crippen molar-refractivity contribution in [1.29, 1.82) is 0 Å². The molecule has 6 nitrogen and oxygen atoms in total. The third-order valence-electron chi connectivity index (χ3n) is 2.76. The minimum absolute atomic E-state index is 0.181. The van der Waals surface area contributed by atoms with E-state index >= 15 is 0 Å². The Morgan fingerprint density at radius 1 is 1.10 bits per heavy atom. The van der Waals surface area contributed by atoms with Crippen LogP contribution in [0, 0.1) is 11.8 Å². The third kappa shape index (κ3) is 13.1. The molecule has 0 spiro atoms. The fourth-order valence-corrected chi connectivity index (χ4v) is 1.56. The van der Waals surface area contributed by atoms with Gasteiger partial charge >= 0.3 is 12.0 Å². The van der Waals surface area contributed by atoms with Crippen molar-refractivity contribution in [2.75, 3.05) is 26.3 Å². The number of hydrogen-bond donors (Lipinski definition) is 3. The van der Waals surface area contributed by atoms with E-state index in [2.05, 4.69) is 24.5 Å². The van der Waals surface area contributed by atoms with Crippen molar-refractivity contribution in [3.63, 3.8) is 0 Å². The molecule has 0 aromatic rings. The van der Waals surface area contributed by atoms with Crippen molar-refractivity contribution in [3.05, 3.63) is 0 Å². The molecule has 0 fully saturated rings. The molecule has 0 radical (unpaired) electrons. The predicted molar refractivity (Wildman–Crippen MR) is 77.7 cm³/mol. The lowest BCUT2D eigenvalue weighted by atomic mass is 10.0. The zero-order valence-electron chi connectivity index (χ0n) is 12.8. The van der Waals surface area contributed by atoms with Gasteiger partial charge in [0, 0.05) is 26.1 Å². The molecule has 2 amide bonds. The molecule has 1 unspecified atom stereocenters. The van der Waals surface area contributed by atoms with Gasteiger partial charge in [-0.05, 0) is 24.7 Å². The molecule has 0 saturated heterocycles. The molecule has 1 atom stereocenters. The first kappa shape index (κ1) is 18.7. The van der Waals surface area contributed by atoms with Crippen LogP contribution in [0.1, 0.15) is 40.0 Å². The van der Waals surface area contributed by atoms with Crippen LogP contribution in [0.25, 0.3) is 0 Å². The van der Waals surface area contributed by atoms with Crippen LogP contribution in [0.15, 0.2) is 0 Å². The van der Waals surface area contributed by atoms with Gasteiger partial charge in [0.05, 0.1) is 6.61 Å². The topological polar surface area (TPSA) is 87.7 Å². The summed E-state index contributed by atoms with van der Waals surface area (Å²) in [6.07, 6.45) is 1.60. The summed E-state index contributed by atoms with van der Waals surface area (Å²) in [5, 5.41) is 14.0. The van der Waals surface area contributed by atoms with E-state index in [1.54, 1.807) is 0 Å². The Hall–Kier alpha value is -1.30. The summed E-state index contributed by atoms with van der Waals surface area (Å²) in [6, 6.07) is -0.205. The lowest BCUT2D eigenvalue weighted by Gasteiger charge is -2.12. The van der Waals surface area contributed by atoms with Gasteiger partial charge in [0.1, 0.15) is 0 Å². The van der Waals surface area contributed by atoms with Crippen molar-refractivity contribution < 1.29 is 19.4 Å². The Bertz CT molecular complexity index is 282. The summed E-state index contributed by atoms with van der Waals surface area (Å²) in [5.41, 5.74) is 0. The van der Waals surface area contributed by atoms with Gasteiger partial charge in [0.2, 0.25) is 0 Å². The molecule has 0 aliphatic carbocycles. The van der Waals surface area contributed by atoms with Crippen LogP contribution in [-0.2, 0) is 9.53 Å². The monoisotopic (exact) mass is 288 g/mol. The van der Waals surface area contributed by atoms with E-state index in [1.165, 1.54) is 0 Å². The Balaban J connectivity index is 3.42. The van der Waals surface area contributed by atoms with E-state index < -0.39 is 5.97 Å². The number of amides is 2. The number of ether oxygens (including phenoxy) is 1. The summed E-state index contributed by atoms with van der Waals surface area (Å²) in [6.45, 7) is 8.40. The Morgan fingerprint density at radius 2 is 1.75 bits per heavy atom. The highest BCUT2D eigenvalue weighted by Crippen LogP contribution is 2.08. The molecule has 0 heterocycles. The predicted octanol–water partition coefficient (Wildman–Crippen LogP) is 1.85. The fourth-order valence-electron chi connectivity index (χ4n) is 1.56. The number of rotatable bonds is 11. The standard InChI is InChI=1S/C14H28N2O4/c1-11(2)10-20-9-8-16-14(19)15-7-6-12(3)4-5-13(17)18/h11-12H,4-10H2,1-3H3,(H,17,18)(H2,15,16,19). The summed E-state index contributed by atoms with van der Waals surface area (Å²) < 4.78 is 5.34. The normalized spacial score (nSPS) is 12.2. The molecule has 3 N–H and O–H groups in total. The van der Waals surface area contributed by atoms with Crippen LogP contribution >= 0.6 is 0 Å². The molecule has 0 rings (SSSR count). The van der Waals surface area contributed by atoms with E-state index in [0.29, 0.717) is 44.6 Å². The number of urea groups is 1. The molecule has 0 aromatic heterocycles. The highest BCUT2D eigenvalue weighted by atomic mass is 16.5. The van der Waals surface area contributed by atoms with Gasteiger partial charge in [-0.25, -0.2) is 4.79 Å². The van der Waals surface area contributed by atoms with Crippen LogP contribution in [0.3, 0.4) is 0 Å². The quantitative estimate of drug-likeness (QED) is 0.506. The molecule has 118 valence electrons. The molecule has 6 heteroatoms. The van der Waals surface area contributed by atoms with Crippen molar-refractivity contribution in [3.8, 4) is 0 Å². The molecule has 20 heavy (non-hydrogen) atoms. The van der Waals surface area contributed by atoms with Crippen LogP contribution < -0.4 is 10.6 Å². The Kier molecular flexibility index (Phi) is 10.8. The minimum atomic E-state index is -0.774. The second-order valence-corrected chi connectivity index (χ2v) is 5.48. The first-order chi connectivity index (χ1) is 9.41. The SMILES string of the molecule is CC(C)COCCNC(=O)NCCC(C)CCC(=O)O. The molecular weight excluding hydrogens is 260 g/mol. The van der Waals surface area contributed by atoms with Gasteiger partial charge < -0.3 is 20.5 Å². The van der Waals surface area contributed by atoms with Crippen molar-refractivity contribution in [1.82, 2.24) is 10.6 Å². The first-order valence-electron chi connectivity index (χ1n) is 7.23. The Morgan fingerprint density at radius 3 is 2.35 bits per heavy atom. The summed E-state index contributed by atoms with van der Waals surface area (Å²) in [5.74, 6) is 0.0147. The number of aliphatic carboxylic acids is 1. The number of hydrogen-bond acceptors (Lipinski definition) is 3. The van der Waals surface area contributed by atoms with E-state index in [0.717, 1.165) is 6.42 Å². The summed E-state index contributed by atoms with van der Waals surface area (Å²) in [7, 11) is 0. The van der Waals surface area contributed by atoms with Gasteiger partial charge in [0.25, 0.3) is 0 Å². The van der Waals surface area contributed by atoms with E-state index in [1.807, 2.05) is 6.92 Å². The van der Waals surface area contributed by atoms with Crippen molar-refractivity contribution in [2.24, 2.45) is 11.8 Å². The number of carbonyl (C=O) groups is 2.